The molecule has 0 atom stereocenters. The second-order valence-corrected chi connectivity index (χ2v) is 22.8. The molecule has 1 heterocycles. The van der Waals surface area contributed by atoms with Gasteiger partial charge in [-0.2, -0.15) is 0 Å². The van der Waals surface area contributed by atoms with Crippen LogP contribution in [0.15, 0.2) is 24.3 Å². The summed E-state index contributed by atoms with van der Waals surface area (Å²) in [4.78, 5) is 13.6. The molecule has 0 spiro atoms. The summed E-state index contributed by atoms with van der Waals surface area (Å²) in [6.07, 6.45) is 7.32. The summed E-state index contributed by atoms with van der Waals surface area (Å²) in [6.45, 7) is 15.0. The summed E-state index contributed by atoms with van der Waals surface area (Å²) in [7, 11) is 0. The molecule has 0 radical (unpaired) electrons. The molecule has 168 valence electrons. The van der Waals surface area contributed by atoms with Crippen LogP contribution in [0.25, 0.3) is 10.9 Å². The molecular formula is C26H43NO2Sn. The number of hydrogen-bond acceptors (Lipinski definition) is 2. The first-order valence-electron chi connectivity index (χ1n) is 12.0. The van der Waals surface area contributed by atoms with E-state index >= 15 is 0 Å². The quantitative estimate of drug-likeness (QED) is 0.300. The van der Waals surface area contributed by atoms with Gasteiger partial charge < -0.3 is 0 Å². The minimum absolute atomic E-state index is 0.188. The number of rotatable bonds is 10. The van der Waals surface area contributed by atoms with Crippen molar-refractivity contribution >= 4 is 39.1 Å². The van der Waals surface area contributed by atoms with E-state index in [1.165, 1.54) is 66.5 Å². The molecule has 30 heavy (non-hydrogen) atoms. The van der Waals surface area contributed by atoms with Gasteiger partial charge in [0.2, 0.25) is 0 Å². The number of aromatic nitrogens is 1. The Kier molecular flexibility index (Phi) is 9.32. The predicted molar refractivity (Wildman–Crippen MR) is 133 cm³/mol. The summed E-state index contributed by atoms with van der Waals surface area (Å²) in [5, 5.41) is 1.23. The number of benzene rings is 1. The number of unbranched alkanes of at least 4 members (excludes halogenated alkanes) is 3. The maximum absolute atomic E-state index is 13.6. The zero-order valence-corrected chi connectivity index (χ0v) is 23.3. The van der Waals surface area contributed by atoms with E-state index in [0.717, 1.165) is 5.52 Å². The van der Waals surface area contributed by atoms with E-state index in [4.69, 9.17) is 4.74 Å². The molecule has 1 aromatic heterocycles. The fourth-order valence-corrected chi connectivity index (χ4v) is 22.4. The van der Waals surface area contributed by atoms with Crippen LogP contribution in [0.3, 0.4) is 0 Å². The van der Waals surface area contributed by atoms with E-state index in [9.17, 15) is 4.79 Å². The molecule has 0 amide bonds. The Balaban J connectivity index is 2.78. The Bertz CT molecular complexity index is 810. The van der Waals surface area contributed by atoms with Crippen LogP contribution in [0, 0.1) is 6.92 Å². The summed E-state index contributed by atoms with van der Waals surface area (Å²) < 4.78 is 13.4. The monoisotopic (exact) mass is 521 g/mol. The first-order valence-corrected chi connectivity index (χ1v) is 19.5. The van der Waals surface area contributed by atoms with Crippen molar-refractivity contribution in [2.45, 2.75) is 106 Å². The van der Waals surface area contributed by atoms with Gasteiger partial charge in [0.15, 0.2) is 0 Å². The van der Waals surface area contributed by atoms with Crippen molar-refractivity contribution in [3.63, 3.8) is 0 Å². The molecule has 0 N–H and O–H groups in total. The molecule has 0 saturated carbocycles. The molecule has 0 aliphatic carbocycles. The minimum atomic E-state index is -2.85. The maximum atomic E-state index is 13.6. The molecule has 1 aromatic carbocycles. The number of hydrogen-bond donors (Lipinski definition) is 0. The van der Waals surface area contributed by atoms with E-state index in [1.807, 2.05) is 31.4 Å². The van der Waals surface area contributed by atoms with Crippen molar-refractivity contribution in [2.24, 2.45) is 0 Å². The van der Waals surface area contributed by atoms with Gasteiger partial charge in [-0.1, -0.05) is 0 Å². The Morgan fingerprint density at radius 2 is 1.43 bits per heavy atom. The van der Waals surface area contributed by atoms with Gasteiger partial charge in [0, 0.05) is 0 Å². The molecule has 0 bridgehead atoms. The van der Waals surface area contributed by atoms with Gasteiger partial charge in [-0.05, 0) is 0 Å². The summed E-state index contributed by atoms with van der Waals surface area (Å²) >= 11 is -2.85. The van der Waals surface area contributed by atoms with E-state index in [2.05, 4.69) is 45.9 Å². The first-order chi connectivity index (χ1) is 14.2. The van der Waals surface area contributed by atoms with Crippen LogP contribution in [0.5, 0.6) is 0 Å². The average Bonchev–Trinajstić information content (AvgIpc) is 3.00. The molecule has 3 nitrogen and oxygen atoms in total. The molecule has 0 unspecified atom stereocenters. The Morgan fingerprint density at radius 1 is 0.933 bits per heavy atom. The second-order valence-electron chi connectivity index (χ2n) is 9.90. The number of nitrogens with zero attached hydrogens (tertiary/aromatic N) is 1. The molecule has 2 rings (SSSR count). The van der Waals surface area contributed by atoms with Crippen LogP contribution >= 0.6 is 0 Å². The van der Waals surface area contributed by atoms with Gasteiger partial charge in [0.25, 0.3) is 0 Å². The second kappa shape index (κ2) is 11.1. The fraction of sp³-hybridized carbons (Fsp3) is 0.654. The van der Waals surface area contributed by atoms with Gasteiger partial charge in [0.05, 0.1) is 0 Å². The van der Waals surface area contributed by atoms with E-state index in [-0.39, 0.29) is 6.09 Å². The average molecular weight is 520 g/mol. The van der Waals surface area contributed by atoms with Crippen LogP contribution in [0.4, 0.5) is 4.79 Å². The van der Waals surface area contributed by atoms with Crippen molar-refractivity contribution in [2.75, 3.05) is 0 Å². The molecule has 4 heteroatoms. The molecule has 0 fully saturated rings. The number of para-hydroxylation sites is 1. The standard InChI is InChI=1S/C14H16NO2.3C4H9.Sn/c1-10-9-15(13(16)17-14(2,3)4)12-8-6-5-7-11(10)12;3*1-3-4-2;/h5-8H,1-4H3;3*1,3-4H2,2H3;. The third-order valence-corrected chi connectivity index (χ3v) is 22.0. The number of carbonyl (C=O) groups excluding carboxylic acids is 1. The Labute approximate surface area is 188 Å². The molecular weight excluding hydrogens is 477 g/mol. The Morgan fingerprint density at radius 3 is 1.90 bits per heavy atom. The van der Waals surface area contributed by atoms with Gasteiger partial charge in [-0.25, -0.2) is 0 Å². The third-order valence-electron chi connectivity index (χ3n) is 6.23. The summed E-state index contributed by atoms with van der Waals surface area (Å²) in [6, 6.07) is 8.44. The molecule has 0 aliphatic rings. The van der Waals surface area contributed by atoms with Crippen molar-refractivity contribution in [1.29, 1.82) is 0 Å². The number of ether oxygens (including phenoxy) is 1. The van der Waals surface area contributed by atoms with Crippen molar-refractivity contribution in [3.05, 3.63) is 29.8 Å². The van der Waals surface area contributed by atoms with E-state index < -0.39 is 24.0 Å². The van der Waals surface area contributed by atoms with Crippen LogP contribution < -0.4 is 3.71 Å². The topological polar surface area (TPSA) is 31.2 Å². The Hall–Kier alpha value is -0.971. The van der Waals surface area contributed by atoms with Crippen molar-refractivity contribution in [1.82, 2.24) is 4.57 Å². The number of carbonyl (C=O) groups is 1. The van der Waals surface area contributed by atoms with Crippen molar-refractivity contribution in [3.8, 4) is 0 Å². The van der Waals surface area contributed by atoms with Crippen LogP contribution in [-0.2, 0) is 4.74 Å². The van der Waals surface area contributed by atoms with Crippen molar-refractivity contribution < 1.29 is 9.53 Å². The first kappa shape index (κ1) is 25.3. The van der Waals surface area contributed by atoms with E-state index in [1.54, 1.807) is 0 Å². The van der Waals surface area contributed by atoms with E-state index in [0.29, 0.717) is 0 Å². The number of fused-ring (bicyclic) bond motifs is 1. The van der Waals surface area contributed by atoms with Crippen LogP contribution in [0.1, 0.15) is 85.6 Å². The normalized spacial score (nSPS) is 12.5. The predicted octanol–water partition coefficient (Wildman–Crippen LogP) is 7.79. The zero-order chi connectivity index (χ0) is 22.4. The summed E-state index contributed by atoms with van der Waals surface area (Å²) in [5.74, 6) is 0. The third kappa shape index (κ3) is 5.83. The zero-order valence-electron chi connectivity index (χ0n) is 20.4. The fourth-order valence-electron chi connectivity index (χ4n) is 4.81. The molecule has 0 saturated heterocycles. The molecule has 2 aromatic rings. The number of aryl methyl sites for hydroxylation is 1. The summed E-state index contributed by atoms with van der Waals surface area (Å²) in [5.41, 5.74) is 1.88. The van der Waals surface area contributed by atoms with Gasteiger partial charge in [0.1, 0.15) is 0 Å². The SMILES string of the molecule is CCC[CH2][Sn]([CH2]CCC)([CH2]CCC)[c]1c(C)c2ccccc2n1C(=O)OC(C)(C)C. The molecule has 0 aliphatic heterocycles. The van der Waals surface area contributed by atoms with Crippen LogP contribution in [0.2, 0.25) is 13.3 Å². The van der Waals surface area contributed by atoms with Gasteiger partial charge in [-0.3, -0.25) is 0 Å². The van der Waals surface area contributed by atoms with Gasteiger partial charge >= 0.3 is 189 Å². The van der Waals surface area contributed by atoms with Gasteiger partial charge in [-0.15, -0.1) is 0 Å². The van der Waals surface area contributed by atoms with Crippen LogP contribution in [-0.4, -0.2) is 34.6 Å².